The van der Waals surface area contributed by atoms with E-state index >= 15 is 0 Å². The van der Waals surface area contributed by atoms with E-state index in [0.29, 0.717) is 29.9 Å². The van der Waals surface area contributed by atoms with Crippen molar-refractivity contribution in [1.29, 1.82) is 0 Å². The molecule has 0 atom stereocenters. The lowest BCUT2D eigenvalue weighted by molar-refractivity contribution is 0.181. The lowest BCUT2D eigenvalue weighted by Crippen LogP contribution is -2.23. The number of cyclic esters (lactones) is 1. The summed E-state index contributed by atoms with van der Waals surface area (Å²) < 4.78 is 30.1. The Morgan fingerprint density at radius 1 is 1.13 bits per heavy atom. The average molecular weight is 459 g/mol. The fourth-order valence-electron chi connectivity index (χ4n) is 3.44. The zero-order valence-corrected chi connectivity index (χ0v) is 18.1. The molecular formula is C19H18N6O4S2. The van der Waals surface area contributed by atoms with Crippen LogP contribution in [0.1, 0.15) is 11.3 Å². The quantitative estimate of drug-likeness (QED) is 0.598. The van der Waals surface area contributed by atoms with Crippen molar-refractivity contribution in [1.82, 2.24) is 15.0 Å². The first-order chi connectivity index (χ1) is 14.9. The first-order valence-corrected chi connectivity index (χ1v) is 12.2. The Labute approximate surface area is 182 Å². The minimum atomic E-state index is -3.33. The molecule has 3 aromatic rings. The van der Waals surface area contributed by atoms with Gasteiger partial charge in [-0.1, -0.05) is 11.3 Å². The van der Waals surface area contributed by atoms with E-state index in [9.17, 15) is 13.2 Å². The Balaban J connectivity index is 1.40. The van der Waals surface area contributed by atoms with Crippen molar-refractivity contribution in [2.45, 2.75) is 12.8 Å². The molecule has 5 rings (SSSR count). The van der Waals surface area contributed by atoms with Crippen molar-refractivity contribution in [3.8, 4) is 10.6 Å². The highest BCUT2D eigenvalue weighted by Crippen LogP contribution is 2.40. The maximum atomic E-state index is 11.9. The Morgan fingerprint density at radius 2 is 1.90 bits per heavy atom. The van der Waals surface area contributed by atoms with Crippen LogP contribution in [-0.4, -0.2) is 48.9 Å². The van der Waals surface area contributed by atoms with Crippen molar-refractivity contribution >= 4 is 49.9 Å². The van der Waals surface area contributed by atoms with E-state index in [1.54, 1.807) is 35.4 Å². The standard InChI is InChI=1S/C19H18N6O4S2/c1-31(27,28)24-13-5-3-12(4-6-13)21-17-20-10-11-2-7-14-16(15(11)23-17)30-18(22-14)25-8-9-29-19(25)26/h3-6,10,24H,2,7-9H2,1H3,(H,20,21,23). The van der Waals surface area contributed by atoms with Gasteiger partial charge in [-0.15, -0.1) is 0 Å². The van der Waals surface area contributed by atoms with Crippen molar-refractivity contribution in [2.75, 3.05) is 34.3 Å². The SMILES string of the molecule is CS(=O)(=O)Nc1ccc(Nc2ncc3c(n2)-c2sc(N4CCOC4=O)nc2CC3)cc1. The largest absolute Gasteiger partial charge is 0.447 e. The molecule has 0 bridgehead atoms. The summed E-state index contributed by atoms with van der Waals surface area (Å²) >= 11 is 1.43. The summed E-state index contributed by atoms with van der Waals surface area (Å²) in [5, 5.41) is 3.77. The van der Waals surface area contributed by atoms with Crippen LogP contribution in [0.5, 0.6) is 0 Å². The number of carbonyl (C=O) groups excluding carboxylic acids is 1. The number of nitrogens with zero attached hydrogens (tertiary/aromatic N) is 4. The number of hydrogen-bond acceptors (Lipinski definition) is 9. The second-order valence-corrected chi connectivity index (χ2v) is 9.91. The monoisotopic (exact) mass is 458 g/mol. The third-order valence-corrected chi connectivity index (χ3v) is 6.57. The van der Waals surface area contributed by atoms with Gasteiger partial charge in [-0.25, -0.2) is 33.1 Å². The Morgan fingerprint density at radius 3 is 2.61 bits per heavy atom. The molecule has 0 radical (unpaired) electrons. The highest BCUT2D eigenvalue weighted by Gasteiger charge is 2.30. The summed E-state index contributed by atoms with van der Waals surface area (Å²) in [7, 11) is -3.33. The van der Waals surface area contributed by atoms with Crippen molar-refractivity contribution in [2.24, 2.45) is 0 Å². The van der Waals surface area contributed by atoms with Gasteiger partial charge < -0.3 is 10.1 Å². The minimum Gasteiger partial charge on any atom is -0.447 e. The molecule has 0 spiro atoms. The predicted molar refractivity (Wildman–Crippen MR) is 117 cm³/mol. The van der Waals surface area contributed by atoms with Crippen LogP contribution >= 0.6 is 11.3 Å². The van der Waals surface area contributed by atoms with Gasteiger partial charge in [0.1, 0.15) is 6.61 Å². The molecule has 12 heteroatoms. The number of benzene rings is 1. The molecule has 0 saturated carbocycles. The molecule has 0 unspecified atom stereocenters. The smallest absolute Gasteiger partial charge is 0.416 e. The van der Waals surface area contributed by atoms with E-state index in [1.807, 2.05) is 0 Å². The van der Waals surface area contributed by atoms with Crippen LogP contribution in [0.25, 0.3) is 10.6 Å². The number of rotatable bonds is 5. The minimum absolute atomic E-state index is 0.369. The van der Waals surface area contributed by atoms with Crippen molar-refractivity contribution in [3.63, 3.8) is 0 Å². The number of thiazole rings is 1. The van der Waals surface area contributed by atoms with Crippen molar-refractivity contribution in [3.05, 3.63) is 41.7 Å². The van der Waals surface area contributed by atoms with Gasteiger partial charge in [0, 0.05) is 17.6 Å². The van der Waals surface area contributed by atoms with Gasteiger partial charge >= 0.3 is 6.09 Å². The molecular weight excluding hydrogens is 440 g/mol. The molecule has 2 aliphatic rings. The number of aryl methyl sites for hydroxylation is 2. The number of anilines is 4. The number of hydrogen-bond donors (Lipinski definition) is 2. The molecule has 1 aliphatic heterocycles. The molecule has 10 nitrogen and oxygen atoms in total. The second-order valence-electron chi connectivity index (χ2n) is 7.18. The van der Waals surface area contributed by atoms with Gasteiger partial charge in [-0.2, -0.15) is 0 Å². The molecule has 160 valence electrons. The van der Waals surface area contributed by atoms with Crippen LogP contribution in [0.4, 0.5) is 27.2 Å². The Hall–Kier alpha value is -3.25. The highest BCUT2D eigenvalue weighted by molar-refractivity contribution is 7.92. The van der Waals surface area contributed by atoms with E-state index in [1.165, 1.54) is 11.3 Å². The van der Waals surface area contributed by atoms with Gasteiger partial charge in [0.2, 0.25) is 16.0 Å². The van der Waals surface area contributed by atoms with Crippen molar-refractivity contribution < 1.29 is 17.9 Å². The van der Waals surface area contributed by atoms with Gasteiger partial charge in [0.15, 0.2) is 5.13 Å². The zero-order chi connectivity index (χ0) is 21.6. The van der Waals surface area contributed by atoms with E-state index in [0.717, 1.165) is 46.6 Å². The summed E-state index contributed by atoms with van der Waals surface area (Å²) in [5.41, 5.74) is 3.96. The van der Waals surface area contributed by atoms with Crippen LogP contribution in [0, 0.1) is 0 Å². The number of amides is 1. The number of aromatic nitrogens is 3. The van der Waals surface area contributed by atoms with E-state index in [-0.39, 0.29) is 6.09 Å². The molecule has 1 fully saturated rings. The number of fused-ring (bicyclic) bond motifs is 3. The number of sulfonamides is 1. The summed E-state index contributed by atoms with van der Waals surface area (Å²) in [6, 6.07) is 6.80. The van der Waals surface area contributed by atoms with Gasteiger partial charge in [0.05, 0.1) is 29.1 Å². The Bertz CT molecular complexity index is 1270. The summed E-state index contributed by atoms with van der Waals surface area (Å²) in [4.78, 5) is 28.1. The molecule has 1 amide bonds. The molecule has 1 aliphatic carbocycles. The third kappa shape index (κ3) is 4.03. The Kier molecular flexibility index (Phi) is 4.74. The number of ether oxygens (including phenoxy) is 1. The van der Waals surface area contributed by atoms with Crippen LogP contribution < -0.4 is 14.9 Å². The fraction of sp³-hybridized carbons (Fsp3) is 0.263. The molecule has 1 aromatic carbocycles. The van der Waals surface area contributed by atoms with Crippen LogP contribution in [0.15, 0.2) is 30.5 Å². The molecule has 2 N–H and O–H groups in total. The van der Waals surface area contributed by atoms with Gasteiger partial charge in [0.25, 0.3) is 0 Å². The second kappa shape index (κ2) is 7.46. The highest BCUT2D eigenvalue weighted by atomic mass is 32.2. The molecule has 31 heavy (non-hydrogen) atoms. The molecule has 2 aromatic heterocycles. The summed E-state index contributed by atoms with van der Waals surface area (Å²) in [6.07, 6.45) is 4.09. The summed E-state index contributed by atoms with van der Waals surface area (Å²) in [6.45, 7) is 0.868. The lowest BCUT2D eigenvalue weighted by Gasteiger charge is -2.15. The first-order valence-electron chi connectivity index (χ1n) is 9.51. The van der Waals surface area contributed by atoms with Crippen LogP contribution in [0.3, 0.4) is 0 Å². The fourth-order valence-corrected chi connectivity index (χ4v) is 5.16. The summed E-state index contributed by atoms with van der Waals surface area (Å²) in [5.74, 6) is 0.422. The number of nitrogens with one attached hydrogen (secondary N) is 2. The molecule has 3 heterocycles. The maximum Gasteiger partial charge on any atom is 0.416 e. The predicted octanol–water partition coefficient (Wildman–Crippen LogP) is 2.77. The maximum absolute atomic E-state index is 11.9. The zero-order valence-electron chi connectivity index (χ0n) is 16.5. The van der Waals surface area contributed by atoms with Crippen LogP contribution in [-0.2, 0) is 27.6 Å². The first kappa shape index (κ1) is 19.7. The van der Waals surface area contributed by atoms with Crippen LogP contribution in [0.2, 0.25) is 0 Å². The van der Waals surface area contributed by atoms with E-state index in [2.05, 4.69) is 20.0 Å². The van der Waals surface area contributed by atoms with E-state index in [4.69, 9.17) is 9.72 Å². The molecule has 1 saturated heterocycles. The lowest BCUT2D eigenvalue weighted by atomic mass is 10.00. The normalized spacial score (nSPS) is 15.3. The van der Waals surface area contributed by atoms with Gasteiger partial charge in [-0.05, 0) is 42.7 Å². The van der Waals surface area contributed by atoms with E-state index < -0.39 is 10.0 Å². The average Bonchev–Trinajstić information content (AvgIpc) is 3.34. The number of carbonyl (C=O) groups is 1. The topological polar surface area (TPSA) is 126 Å². The third-order valence-electron chi connectivity index (χ3n) is 4.83. The van der Waals surface area contributed by atoms with Gasteiger partial charge in [-0.3, -0.25) is 4.72 Å².